The molecule has 0 N–H and O–H groups in total. The van der Waals surface area contributed by atoms with Crippen LogP contribution in [0.2, 0.25) is 0 Å². The Kier molecular flexibility index (Phi) is 48.2. The van der Waals surface area contributed by atoms with Crippen molar-refractivity contribution in [1.82, 2.24) is 0 Å². The number of hydrogen-bond donors (Lipinski definition) is 0. The molecular weight excluding hydrogens is 267 g/mol. The molecule has 0 fully saturated rings. The number of carbonyl (C=O) groups excluding carboxylic acids is 2. The molecule has 0 amide bonds. The van der Waals surface area contributed by atoms with Crippen LogP contribution in [0.25, 0.3) is 0 Å². The van der Waals surface area contributed by atoms with Crippen LogP contribution in [0.15, 0.2) is 0 Å². The fourth-order valence-corrected chi connectivity index (χ4v) is 0. The van der Waals surface area contributed by atoms with Crippen molar-refractivity contribution in [3.8, 4) is 0 Å². The van der Waals surface area contributed by atoms with Crippen molar-refractivity contribution >= 4 is 31.7 Å². The van der Waals surface area contributed by atoms with Gasteiger partial charge in [-0.25, -0.2) is 0 Å². The van der Waals surface area contributed by atoms with Crippen LogP contribution >= 0.6 is 0 Å². The summed E-state index contributed by atoms with van der Waals surface area (Å²) < 4.78 is 39.0. The molecule has 2 nitrogen and oxygen atoms in total. The molecule has 0 atom stereocenters. The SMILES string of the molecule is C=O.C=O.F[B-](F)(F)F.[CH2-][S+](C)C.[Fe]. The second kappa shape index (κ2) is 23.1. The minimum atomic E-state index is -6.00. The van der Waals surface area contributed by atoms with E-state index in [4.69, 9.17) is 9.59 Å². The molecule has 0 aromatic rings. The van der Waals surface area contributed by atoms with Gasteiger partial charge in [-0.3, -0.25) is 0 Å². The maximum atomic E-state index is 9.75. The number of carbonyl (C=O) groups is 2. The first-order valence-corrected chi connectivity index (χ1v) is 4.77. The molecule has 0 aliphatic carbocycles. The summed E-state index contributed by atoms with van der Waals surface area (Å²) in [5.74, 6) is 0. The van der Waals surface area contributed by atoms with Gasteiger partial charge in [-0.05, 0) is 0 Å². The van der Waals surface area contributed by atoms with Crippen LogP contribution in [0.5, 0.6) is 0 Å². The molecule has 0 unspecified atom stereocenters. The molecule has 0 aliphatic heterocycles. The van der Waals surface area contributed by atoms with E-state index in [1.807, 2.05) is 13.6 Å². The maximum absolute atomic E-state index is 9.75. The normalized spacial score (nSPS) is 7.43. The molecule has 0 saturated heterocycles. The molecule has 9 heteroatoms. The predicted octanol–water partition coefficient (Wildman–Crippen LogP) is 1.58. The van der Waals surface area contributed by atoms with Gasteiger partial charge in [0.1, 0.15) is 13.6 Å². The van der Waals surface area contributed by atoms with Crippen LogP contribution in [0.1, 0.15) is 0 Å². The van der Waals surface area contributed by atoms with Gasteiger partial charge in [0.15, 0.2) is 0 Å². The Morgan fingerprint density at radius 2 is 1.00 bits per heavy atom. The Labute approximate surface area is 94.7 Å². The molecule has 0 radical (unpaired) electrons. The van der Waals surface area contributed by atoms with Gasteiger partial charge in [0.25, 0.3) is 0 Å². The van der Waals surface area contributed by atoms with Crippen molar-refractivity contribution in [2.75, 3.05) is 12.5 Å². The molecule has 14 heavy (non-hydrogen) atoms. The van der Waals surface area contributed by atoms with Crippen LogP contribution in [0.4, 0.5) is 17.3 Å². The van der Waals surface area contributed by atoms with E-state index in [-0.39, 0.29) is 17.1 Å². The molecule has 0 aromatic carbocycles. The second-order valence-electron chi connectivity index (χ2n) is 1.48. The van der Waals surface area contributed by atoms with E-state index in [1.54, 1.807) is 0 Å². The van der Waals surface area contributed by atoms with Crippen molar-refractivity contribution in [3.63, 3.8) is 0 Å². The number of rotatable bonds is 0. The summed E-state index contributed by atoms with van der Waals surface area (Å²) in [6.07, 6.45) is 7.83. The largest absolute Gasteiger partial charge is 0.673 e. The zero-order valence-corrected chi connectivity index (χ0v) is 9.71. The summed E-state index contributed by atoms with van der Waals surface area (Å²) in [6, 6.07) is 0. The Bertz CT molecular complexity index is 85.5. The topological polar surface area (TPSA) is 34.1 Å². The Balaban J connectivity index is -0.0000000273. The van der Waals surface area contributed by atoms with Crippen LogP contribution in [0.3, 0.4) is 0 Å². The molecular formula is C5H12BF4FeO2S-. The summed E-state index contributed by atoms with van der Waals surface area (Å²) in [5.41, 5.74) is 0. The van der Waals surface area contributed by atoms with Gasteiger partial charge in [-0.1, -0.05) is 0 Å². The zero-order chi connectivity index (χ0) is 12.1. The van der Waals surface area contributed by atoms with Gasteiger partial charge in [0.05, 0.1) is 12.5 Å². The minimum Gasteiger partial charge on any atom is -0.418 e. The van der Waals surface area contributed by atoms with Crippen LogP contribution in [-0.4, -0.2) is 33.3 Å². The first-order valence-electron chi connectivity index (χ1n) is 2.56. The smallest absolute Gasteiger partial charge is 0.418 e. The van der Waals surface area contributed by atoms with Crippen LogP contribution < -0.4 is 0 Å². The summed E-state index contributed by atoms with van der Waals surface area (Å²) in [7, 11) is -5.61. The number of hydrogen-bond acceptors (Lipinski definition) is 2. The van der Waals surface area contributed by atoms with E-state index < -0.39 is 7.25 Å². The second-order valence-corrected chi connectivity index (χ2v) is 3.45. The van der Waals surface area contributed by atoms with E-state index in [9.17, 15) is 17.3 Å². The fraction of sp³-hybridized carbons (Fsp3) is 0.400. The molecule has 0 rings (SSSR count). The van der Waals surface area contributed by atoms with Gasteiger partial charge in [0, 0.05) is 17.1 Å². The van der Waals surface area contributed by atoms with E-state index in [0.717, 1.165) is 0 Å². The van der Waals surface area contributed by atoms with Crippen molar-refractivity contribution in [1.29, 1.82) is 0 Å². The predicted molar refractivity (Wildman–Crippen MR) is 49.0 cm³/mol. The maximum Gasteiger partial charge on any atom is 0.673 e. The summed E-state index contributed by atoms with van der Waals surface area (Å²) in [5, 5.41) is 0. The van der Waals surface area contributed by atoms with E-state index in [1.165, 1.54) is 0 Å². The van der Waals surface area contributed by atoms with Gasteiger partial charge < -0.3 is 26.9 Å². The van der Waals surface area contributed by atoms with E-state index in [2.05, 4.69) is 18.8 Å². The molecule has 0 aliphatic rings. The number of halogens is 4. The molecule has 0 heterocycles. The molecule has 90 valence electrons. The van der Waals surface area contributed by atoms with Crippen molar-refractivity contribution < 1.29 is 43.9 Å². The monoisotopic (exact) mass is 279 g/mol. The van der Waals surface area contributed by atoms with E-state index in [0.29, 0.717) is 10.9 Å². The molecule has 0 aromatic heterocycles. The van der Waals surface area contributed by atoms with Gasteiger partial charge in [-0.2, -0.15) is 10.9 Å². The van der Waals surface area contributed by atoms with Crippen molar-refractivity contribution in [2.24, 2.45) is 0 Å². The molecule has 0 spiro atoms. The first kappa shape index (κ1) is 29.2. The fourth-order valence-electron chi connectivity index (χ4n) is 0. The average molecular weight is 279 g/mol. The zero-order valence-electron chi connectivity index (χ0n) is 7.79. The first-order chi connectivity index (χ1) is 5.73. The van der Waals surface area contributed by atoms with Gasteiger partial charge in [-0.15, -0.1) is 6.26 Å². The summed E-state index contributed by atoms with van der Waals surface area (Å²) in [6.45, 7) is 4.00. The average Bonchev–Trinajstić information content (AvgIpc) is 1.90. The molecule has 0 bridgehead atoms. The summed E-state index contributed by atoms with van der Waals surface area (Å²) >= 11 is 0. The third-order valence-electron chi connectivity index (χ3n) is 0. The third kappa shape index (κ3) is 46500000. The van der Waals surface area contributed by atoms with E-state index >= 15 is 0 Å². The Hall–Kier alpha value is -0.00558. The summed E-state index contributed by atoms with van der Waals surface area (Å²) in [4.78, 5) is 16.0. The Morgan fingerprint density at radius 1 is 1.00 bits per heavy atom. The minimum absolute atomic E-state index is 0. The van der Waals surface area contributed by atoms with Gasteiger partial charge >= 0.3 is 7.25 Å². The standard InChI is InChI=1S/C3H8S.2CH2O.BF4.Fe/c1-4(2)3;2*1-2;2-1(3,4)5;/h1H2,2-3H3;2*1H2;;/q;;;-1;. The molecule has 0 saturated carbocycles. The van der Waals surface area contributed by atoms with Crippen LogP contribution in [0, 0.1) is 6.26 Å². The third-order valence-corrected chi connectivity index (χ3v) is 0. The van der Waals surface area contributed by atoms with Crippen molar-refractivity contribution in [2.45, 2.75) is 0 Å². The quantitative estimate of drug-likeness (QED) is 0.292. The van der Waals surface area contributed by atoms with Crippen molar-refractivity contribution in [3.05, 3.63) is 6.26 Å². The van der Waals surface area contributed by atoms with Crippen LogP contribution in [-0.2, 0) is 37.6 Å². The Morgan fingerprint density at radius 3 is 1.00 bits per heavy atom. The van der Waals surface area contributed by atoms with Gasteiger partial charge in [0.2, 0.25) is 0 Å².